The second-order valence-corrected chi connectivity index (χ2v) is 6.75. The van der Waals surface area contributed by atoms with Crippen LogP contribution in [0.15, 0.2) is 48.5 Å². The standard InChI is InChI=1S/C21H21N3O4/c22-21(27)23-11-5-9-16-15-8-4-10-17(28-18(26)13-25)19(15)24(20(16)23)12-14-6-2-1-3-7-14/h1-4,6-8,10,25H,5,9,11-13H2,(H2,22,27). The molecule has 144 valence electrons. The maximum Gasteiger partial charge on any atom is 0.337 e. The van der Waals surface area contributed by atoms with Gasteiger partial charge in [0, 0.05) is 24.0 Å². The van der Waals surface area contributed by atoms with Crippen molar-refractivity contribution in [2.45, 2.75) is 19.4 Å². The smallest absolute Gasteiger partial charge is 0.337 e. The van der Waals surface area contributed by atoms with Gasteiger partial charge in [-0.2, -0.15) is 0 Å². The van der Waals surface area contributed by atoms with Crippen LogP contribution in [0, 0.1) is 0 Å². The Morgan fingerprint density at radius 1 is 1.11 bits per heavy atom. The molecule has 1 aliphatic rings. The number of carbonyl (C=O) groups is 2. The van der Waals surface area contributed by atoms with E-state index in [2.05, 4.69) is 0 Å². The first-order chi connectivity index (χ1) is 13.6. The van der Waals surface area contributed by atoms with Crippen LogP contribution in [-0.4, -0.2) is 34.8 Å². The summed E-state index contributed by atoms with van der Waals surface area (Å²) < 4.78 is 7.36. The molecule has 3 aromatic rings. The minimum atomic E-state index is -0.732. The number of aryl methyl sites for hydroxylation is 1. The number of hydrogen-bond acceptors (Lipinski definition) is 4. The van der Waals surface area contributed by atoms with E-state index in [9.17, 15) is 9.59 Å². The lowest BCUT2D eigenvalue weighted by Crippen LogP contribution is -2.40. The average molecular weight is 379 g/mol. The molecular weight excluding hydrogens is 358 g/mol. The monoisotopic (exact) mass is 379 g/mol. The van der Waals surface area contributed by atoms with Gasteiger partial charge in [-0.25, -0.2) is 9.59 Å². The number of nitrogens with two attached hydrogens (primary N) is 1. The minimum absolute atomic E-state index is 0.353. The van der Waals surface area contributed by atoms with E-state index in [1.54, 1.807) is 17.0 Å². The van der Waals surface area contributed by atoms with Crippen LogP contribution in [0.4, 0.5) is 10.6 Å². The Balaban J connectivity index is 1.97. The number of benzene rings is 2. The van der Waals surface area contributed by atoms with Crippen molar-refractivity contribution in [2.24, 2.45) is 5.73 Å². The molecule has 7 nitrogen and oxygen atoms in total. The molecule has 0 bridgehead atoms. The lowest BCUT2D eigenvalue weighted by molar-refractivity contribution is -0.137. The third-order valence-electron chi connectivity index (χ3n) is 4.99. The summed E-state index contributed by atoms with van der Waals surface area (Å²) in [4.78, 5) is 25.5. The third kappa shape index (κ3) is 3.10. The molecule has 0 fully saturated rings. The number of ether oxygens (including phenoxy) is 1. The quantitative estimate of drug-likeness (QED) is 0.537. The van der Waals surface area contributed by atoms with Gasteiger partial charge in [0.25, 0.3) is 0 Å². The summed E-state index contributed by atoms with van der Waals surface area (Å²) in [6.07, 6.45) is 1.61. The maximum absolute atomic E-state index is 12.1. The summed E-state index contributed by atoms with van der Waals surface area (Å²) in [6.45, 7) is 0.326. The zero-order valence-corrected chi connectivity index (χ0v) is 15.3. The second-order valence-electron chi connectivity index (χ2n) is 6.75. The molecule has 1 aliphatic heterocycles. The fourth-order valence-corrected chi connectivity index (χ4v) is 3.88. The number of amides is 2. The number of carbonyl (C=O) groups excluding carboxylic acids is 2. The highest BCUT2D eigenvalue weighted by molar-refractivity contribution is 6.01. The molecule has 7 heteroatoms. The Labute approximate surface area is 161 Å². The minimum Gasteiger partial charge on any atom is -0.423 e. The van der Waals surface area contributed by atoms with Crippen molar-refractivity contribution in [3.05, 3.63) is 59.7 Å². The van der Waals surface area contributed by atoms with E-state index in [0.29, 0.717) is 24.4 Å². The molecule has 28 heavy (non-hydrogen) atoms. The lowest BCUT2D eigenvalue weighted by Gasteiger charge is -2.28. The number of fused-ring (bicyclic) bond motifs is 3. The van der Waals surface area contributed by atoms with Crippen LogP contribution in [0.3, 0.4) is 0 Å². The molecule has 0 spiro atoms. The van der Waals surface area contributed by atoms with Crippen LogP contribution in [0.2, 0.25) is 0 Å². The number of para-hydroxylation sites is 1. The van der Waals surface area contributed by atoms with Gasteiger partial charge in [-0.15, -0.1) is 0 Å². The lowest BCUT2D eigenvalue weighted by atomic mass is 10.0. The number of nitrogens with zero attached hydrogens (tertiary/aromatic N) is 2. The number of urea groups is 1. The fraction of sp³-hybridized carbons (Fsp3) is 0.238. The Kier molecular flexibility index (Phi) is 4.75. The van der Waals surface area contributed by atoms with Gasteiger partial charge in [0.05, 0.1) is 5.52 Å². The van der Waals surface area contributed by atoms with Gasteiger partial charge in [0.2, 0.25) is 0 Å². The molecule has 0 radical (unpaired) electrons. The van der Waals surface area contributed by atoms with Crippen LogP contribution >= 0.6 is 0 Å². The van der Waals surface area contributed by atoms with E-state index < -0.39 is 18.6 Å². The molecule has 0 atom stereocenters. The summed E-state index contributed by atoms with van der Waals surface area (Å²) in [5.74, 6) is 0.362. The van der Waals surface area contributed by atoms with E-state index in [1.165, 1.54) is 0 Å². The van der Waals surface area contributed by atoms with Gasteiger partial charge in [-0.3, -0.25) is 4.90 Å². The van der Waals surface area contributed by atoms with Crippen molar-refractivity contribution in [1.82, 2.24) is 4.57 Å². The van der Waals surface area contributed by atoms with Gasteiger partial charge in [0.15, 0.2) is 5.75 Å². The first-order valence-corrected chi connectivity index (χ1v) is 9.16. The second kappa shape index (κ2) is 7.36. The Hall–Kier alpha value is -3.32. The zero-order valence-electron chi connectivity index (χ0n) is 15.3. The Morgan fingerprint density at radius 2 is 1.89 bits per heavy atom. The summed E-state index contributed by atoms with van der Waals surface area (Å²) >= 11 is 0. The van der Waals surface area contributed by atoms with Crippen molar-refractivity contribution in [2.75, 3.05) is 18.1 Å². The molecule has 0 saturated carbocycles. The van der Waals surface area contributed by atoms with Gasteiger partial charge in [0.1, 0.15) is 12.4 Å². The highest BCUT2D eigenvalue weighted by Gasteiger charge is 2.29. The predicted octanol–water partition coefficient (Wildman–Crippen LogP) is 2.42. The van der Waals surface area contributed by atoms with Crippen LogP contribution in [0.25, 0.3) is 10.9 Å². The molecule has 1 aromatic heterocycles. The fourth-order valence-electron chi connectivity index (χ4n) is 3.88. The first-order valence-electron chi connectivity index (χ1n) is 9.16. The number of aromatic nitrogens is 1. The Morgan fingerprint density at radius 3 is 2.61 bits per heavy atom. The topological polar surface area (TPSA) is 97.8 Å². The summed E-state index contributed by atoms with van der Waals surface area (Å²) in [5, 5.41) is 10.0. The number of anilines is 1. The average Bonchev–Trinajstić information content (AvgIpc) is 3.03. The van der Waals surface area contributed by atoms with E-state index in [1.807, 2.05) is 41.0 Å². The first kappa shape index (κ1) is 18.1. The number of aliphatic hydroxyl groups is 1. The highest BCUT2D eigenvalue weighted by Crippen LogP contribution is 2.41. The summed E-state index contributed by atoms with van der Waals surface area (Å²) in [5.41, 5.74) is 8.43. The number of aliphatic hydroxyl groups excluding tert-OH is 1. The number of hydrogen-bond donors (Lipinski definition) is 2. The molecule has 3 N–H and O–H groups in total. The largest absolute Gasteiger partial charge is 0.423 e. The van der Waals surface area contributed by atoms with Crippen LogP contribution in [0.1, 0.15) is 17.5 Å². The number of esters is 1. The molecule has 0 aliphatic carbocycles. The van der Waals surface area contributed by atoms with E-state index in [0.717, 1.165) is 35.2 Å². The molecule has 0 unspecified atom stereocenters. The predicted molar refractivity (Wildman–Crippen MR) is 105 cm³/mol. The van der Waals surface area contributed by atoms with Crippen molar-refractivity contribution in [1.29, 1.82) is 0 Å². The van der Waals surface area contributed by atoms with Crippen LogP contribution in [0.5, 0.6) is 5.75 Å². The van der Waals surface area contributed by atoms with Crippen LogP contribution in [-0.2, 0) is 17.8 Å². The summed E-state index contributed by atoms with van der Waals surface area (Å²) in [7, 11) is 0. The van der Waals surface area contributed by atoms with E-state index in [4.69, 9.17) is 15.6 Å². The van der Waals surface area contributed by atoms with Gasteiger partial charge in [-0.1, -0.05) is 42.5 Å². The van der Waals surface area contributed by atoms with Crippen molar-refractivity contribution in [3.63, 3.8) is 0 Å². The van der Waals surface area contributed by atoms with E-state index >= 15 is 0 Å². The van der Waals surface area contributed by atoms with Crippen molar-refractivity contribution >= 4 is 28.7 Å². The zero-order chi connectivity index (χ0) is 19.7. The molecule has 2 heterocycles. The highest BCUT2D eigenvalue weighted by atomic mass is 16.5. The van der Waals surface area contributed by atoms with Crippen molar-refractivity contribution in [3.8, 4) is 5.75 Å². The van der Waals surface area contributed by atoms with Crippen LogP contribution < -0.4 is 15.4 Å². The molecule has 0 saturated heterocycles. The van der Waals surface area contributed by atoms with E-state index in [-0.39, 0.29) is 0 Å². The number of rotatable bonds is 4. The molecular formula is C21H21N3O4. The maximum atomic E-state index is 12.1. The van der Waals surface area contributed by atoms with Crippen molar-refractivity contribution < 1.29 is 19.4 Å². The van der Waals surface area contributed by atoms with Gasteiger partial charge >= 0.3 is 12.0 Å². The SMILES string of the molecule is NC(=O)N1CCCc2c1n(Cc1ccccc1)c1c(OC(=O)CO)cccc21. The van der Waals surface area contributed by atoms with Gasteiger partial charge < -0.3 is 20.1 Å². The summed E-state index contributed by atoms with van der Waals surface area (Å²) in [6, 6.07) is 14.8. The Bertz CT molecular complexity index is 1040. The molecule has 2 aromatic carbocycles. The van der Waals surface area contributed by atoms with Gasteiger partial charge in [-0.05, 0) is 24.5 Å². The molecule has 4 rings (SSSR count). The molecule has 2 amide bonds. The third-order valence-corrected chi connectivity index (χ3v) is 4.99. The normalized spacial score (nSPS) is 13.4. The number of primary amides is 1.